The molecule has 1 aromatic heterocycles. The van der Waals surface area contributed by atoms with Gasteiger partial charge in [0.15, 0.2) is 0 Å². The molecule has 1 aromatic rings. The third kappa shape index (κ3) is 2.94. The van der Waals surface area contributed by atoms with Crippen LogP contribution in [0.1, 0.15) is 42.2 Å². The molecule has 0 saturated heterocycles. The molecule has 0 aliphatic carbocycles. The first-order chi connectivity index (χ1) is 9.13. The summed E-state index contributed by atoms with van der Waals surface area (Å²) in [5, 5.41) is 13.0. The highest BCUT2D eigenvalue weighted by Crippen LogP contribution is 2.19. The number of aliphatic carboxylic acids is 1. The van der Waals surface area contributed by atoms with E-state index in [9.17, 15) is 9.59 Å². The van der Waals surface area contributed by atoms with Crippen molar-refractivity contribution in [2.45, 2.75) is 39.2 Å². The van der Waals surface area contributed by atoms with Crippen LogP contribution in [0.15, 0.2) is 6.20 Å². The Bertz CT molecular complexity index is 481. The maximum absolute atomic E-state index is 12.4. The summed E-state index contributed by atoms with van der Waals surface area (Å²) in [7, 11) is 0. The Morgan fingerprint density at radius 1 is 1.47 bits per heavy atom. The zero-order valence-corrected chi connectivity index (χ0v) is 11.1. The summed E-state index contributed by atoms with van der Waals surface area (Å²) < 4.78 is 1.89. The van der Waals surface area contributed by atoms with Crippen molar-refractivity contribution in [2.75, 3.05) is 13.1 Å². The molecule has 0 atom stereocenters. The van der Waals surface area contributed by atoms with Crippen molar-refractivity contribution in [3.8, 4) is 0 Å². The zero-order valence-electron chi connectivity index (χ0n) is 11.1. The van der Waals surface area contributed by atoms with Crippen molar-refractivity contribution in [3.05, 3.63) is 17.5 Å². The average Bonchev–Trinajstić information content (AvgIpc) is 2.82. The number of aryl methyl sites for hydroxylation is 1. The van der Waals surface area contributed by atoms with Gasteiger partial charge in [0.1, 0.15) is 0 Å². The Morgan fingerprint density at radius 3 is 2.95 bits per heavy atom. The molecule has 0 spiro atoms. The molecule has 6 nitrogen and oxygen atoms in total. The summed E-state index contributed by atoms with van der Waals surface area (Å²) in [5.74, 6) is -0.991. The van der Waals surface area contributed by atoms with Crippen molar-refractivity contribution >= 4 is 11.9 Å². The van der Waals surface area contributed by atoms with Gasteiger partial charge in [0.25, 0.3) is 5.91 Å². The second-order valence-corrected chi connectivity index (χ2v) is 4.71. The SMILES string of the molecule is CCN(CCC(=O)O)C(=O)c1cnn2c1CCCC2. The standard InChI is InChI=1S/C13H19N3O3/c1-2-15(8-6-12(17)18)13(19)10-9-14-16-7-4-3-5-11(10)16/h9H,2-8H2,1H3,(H,17,18). The number of nitrogens with zero attached hydrogens (tertiary/aromatic N) is 3. The van der Waals surface area contributed by atoms with E-state index in [2.05, 4.69) is 5.10 Å². The Balaban J connectivity index is 2.13. The zero-order chi connectivity index (χ0) is 13.8. The van der Waals surface area contributed by atoms with E-state index in [4.69, 9.17) is 5.11 Å². The summed E-state index contributed by atoms with van der Waals surface area (Å²) in [6.45, 7) is 3.48. The van der Waals surface area contributed by atoms with Gasteiger partial charge in [-0.1, -0.05) is 0 Å². The Hall–Kier alpha value is -1.85. The fraction of sp³-hybridized carbons (Fsp3) is 0.615. The van der Waals surface area contributed by atoms with Crippen LogP contribution >= 0.6 is 0 Å². The topological polar surface area (TPSA) is 75.4 Å². The van der Waals surface area contributed by atoms with Crippen molar-refractivity contribution in [1.29, 1.82) is 0 Å². The van der Waals surface area contributed by atoms with Gasteiger partial charge in [-0.15, -0.1) is 0 Å². The molecule has 0 bridgehead atoms. The Kier molecular flexibility index (Phi) is 4.19. The first kappa shape index (κ1) is 13.6. The lowest BCUT2D eigenvalue weighted by Crippen LogP contribution is -2.33. The molecular weight excluding hydrogens is 246 g/mol. The first-order valence-corrected chi connectivity index (χ1v) is 6.69. The number of amides is 1. The monoisotopic (exact) mass is 265 g/mol. The quantitative estimate of drug-likeness (QED) is 0.866. The average molecular weight is 265 g/mol. The normalized spacial score (nSPS) is 13.9. The van der Waals surface area contributed by atoms with Gasteiger partial charge in [0.2, 0.25) is 0 Å². The van der Waals surface area contributed by atoms with E-state index in [1.54, 1.807) is 11.1 Å². The second-order valence-electron chi connectivity index (χ2n) is 4.71. The Morgan fingerprint density at radius 2 is 2.26 bits per heavy atom. The van der Waals surface area contributed by atoms with Crippen LogP contribution in [0, 0.1) is 0 Å². The van der Waals surface area contributed by atoms with Crippen LogP contribution in [0.3, 0.4) is 0 Å². The molecule has 0 aromatic carbocycles. The predicted molar refractivity (Wildman–Crippen MR) is 69.0 cm³/mol. The highest BCUT2D eigenvalue weighted by atomic mass is 16.4. The highest BCUT2D eigenvalue weighted by molar-refractivity contribution is 5.95. The smallest absolute Gasteiger partial charge is 0.305 e. The number of aromatic nitrogens is 2. The third-order valence-corrected chi connectivity index (χ3v) is 3.48. The van der Waals surface area contributed by atoms with Crippen LogP contribution in [-0.2, 0) is 17.8 Å². The lowest BCUT2D eigenvalue weighted by atomic mass is 10.1. The fourth-order valence-electron chi connectivity index (χ4n) is 2.40. The molecule has 0 unspecified atom stereocenters. The second kappa shape index (κ2) is 5.86. The largest absolute Gasteiger partial charge is 0.481 e. The molecule has 0 radical (unpaired) electrons. The van der Waals surface area contributed by atoms with Gasteiger partial charge in [0, 0.05) is 19.6 Å². The lowest BCUT2D eigenvalue weighted by molar-refractivity contribution is -0.137. The molecule has 2 rings (SSSR count). The third-order valence-electron chi connectivity index (χ3n) is 3.48. The summed E-state index contributed by atoms with van der Waals surface area (Å²) in [6.07, 6.45) is 4.64. The van der Waals surface area contributed by atoms with Crippen molar-refractivity contribution in [1.82, 2.24) is 14.7 Å². The number of carbonyl (C=O) groups excluding carboxylic acids is 1. The van der Waals surface area contributed by atoms with E-state index in [1.165, 1.54) is 0 Å². The minimum atomic E-state index is -0.886. The maximum Gasteiger partial charge on any atom is 0.305 e. The molecule has 1 aliphatic heterocycles. The van der Waals surface area contributed by atoms with Crippen molar-refractivity contribution in [2.24, 2.45) is 0 Å². The van der Waals surface area contributed by atoms with E-state index in [0.717, 1.165) is 31.5 Å². The first-order valence-electron chi connectivity index (χ1n) is 6.69. The van der Waals surface area contributed by atoms with Crippen LogP contribution < -0.4 is 0 Å². The molecular formula is C13H19N3O3. The van der Waals surface area contributed by atoms with Crippen molar-refractivity contribution < 1.29 is 14.7 Å². The number of fused-ring (bicyclic) bond motifs is 1. The van der Waals surface area contributed by atoms with Gasteiger partial charge >= 0.3 is 5.97 Å². The number of carboxylic acids is 1. The lowest BCUT2D eigenvalue weighted by Gasteiger charge is -2.21. The van der Waals surface area contributed by atoms with E-state index in [1.807, 2.05) is 11.6 Å². The minimum absolute atomic E-state index is 0.0248. The van der Waals surface area contributed by atoms with Gasteiger partial charge in [-0.25, -0.2) is 0 Å². The maximum atomic E-state index is 12.4. The molecule has 6 heteroatoms. The molecule has 19 heavy (non-hydrogen) atoms. The van der Waals surface area contributed by atoms with Crippen LogP contribution in [0.4, 0.5) is 0 Å². The molecule has 0 saturated carbocycles. The molecule has 0 fully saturated rings. The number of hydrogen-bond acceptors (Lipinski definition) is 3. The van der Waals surface area contributed by atoms with E-state index < -0.39 is 5.97 Å². The summed E-state index contributed by atoms with van der Waals surface area (Å²) in [4.78, 5) is 24.6. The van der Waals surface area contributed by atoms with Crippen molar-refractivity contribution in [3.63, 3.8) is 0 Å². The van der Waals surface area contributed by atoms with Crippen LogP contribution in [0.5, 0.6) is 0 Å². The van der Waals surface area contributed by atoms with Gasteiger partial charge in [0.05, 0.1) is 23.9 Å². The van der Waals surface area contributed by atoms with Gasteiger partial charge in [-0.3, -0.25) is 14.3 Å². The van der Waals surface area contributed by atoms with Gasteiger partial charge in [-0.05, 0) is 26.2 Å². The Labute approximate surface area is 112 Å². The van der Waals surface area contributed by atoms with Crippen LogP contribution in [0.2, 0.25) is 0 Å². The van der Waals surface area contributed by atoms with E-state index >= 15 is 0 Å². The number of hydrogen-bond donors (Lipinski definition) is 1. The molecule has 1 N–H and O–H groups in total. The molecule has 1 amide bonds. The number of rotatable bonds is 5. The van der Waals surface area contributed by atoms with Gasteiger partial charge < -0.3 is 10.0 Å². The fourth-order valence-corrected chi connectivity index (χ4v) is 2.40. The van der Waals surface area contributed by atoms with E-state index in [0.29, 0.717) is 12.1 Å². The number of carbonyl (C=O) groups is 2. The predicted octanol–water partition coefficient (Wildman–Crippen LogP) is 1.16. The summed E-state index contributed by atoms with van der Waals surface area (Å²) >= 11 is 0. The molecule has 104 valence electrons. The summed E-state index contributed by atoms with van der Waals surface area (Å²) in [5.41, 5.74) is 1.62. The van der Waals surface area contributed by atoms with Crippen LogP contribution in [-0.4, -0.2) is 44.8 Å². The summed E-state index contributed by atoms with van der Waals surface area (Å²) in [6, 6.07) is 0. The molecule has 2 heterocycles. The van der Waals surface area contributed by atoms with Gasteiger partial charge in [-0.2, -0.15) is 5.10 Å². The van der Waals surface area contributed by atoms with Crippen LogP contribution in [0.25, 0.3) is 0 Å². The highest BCUT2D eigenvalue weighted by Gasteiger charge is 2.23. The van der Waals surface area contributed by atoms with E-state index in [-0.39, 0.29) is 18.9 Å². The number of carboxylic acid groups (broad SMARTS) is 1. The molecule has 1 aliphatic rings. The minimum Gasteiger partial charge on any atom is -0.481 e.